The molecule has 0 aliphatic heterocycles. The maximum absolute atomic E-state index is 5.59. The monoisotopic (exact) mass is 409 g/mol. The van der Waals surface area contributed by atoms with E-state index < -0.39 is 0 Å². The van der Waals surface area contributed by atoms with Gasteiger partial charge in [-0.25, -0.2) is 4.99 Å². The number of thiophene rings is 1. The summed E-state index contributed by atoms with van der Waals surface area (Å²) in [5, 5.41) is 10.7. The molecule has 0 bridgehead atoms. The van der Waals surface area contributed by atoms with E-state index in [1.54, 1.807) is 11.3 Å². The van der Waals surface area contributed by atoms with Crippen LogP contribution in [0, 0.1) is 5.92 Å². The molecule has 4 nitrogen and oxygen atoms in total. The van der Waals surface area contributed by atoms with E-state index in [2.05, 4.69) is 39.4 Å². The first-order valence-electron chi connectivity index (χ1n) is 6.99. The SMILES string of the molecule is CCNC(=NCc1ccsc1)NCCOCC1CC1.I. The van der Waals surface area contributed by atoms with Gasteiger partial charge in [0.05, 0.1) is 13.2 Å². The number of aliphatic imine (C=N–C) groups is 1. The highest BCUT2D eigenvalue weighted by atomic mass is 127. The second kappa shape index (κ2) is 10.4. The Balaban J connectivity index is 0.00000200. The van der Waals surface area contributed by atoms with Gasteiger partial charge in [0, 0.05) is 19.7 Å². The molecule has 20 heavy (non-hydrogen) atoms. The lowest BCUT2D eigenvalue weighted by Crippen LogP contribution is -2.39. The first-order valence-corrected chi connectivity index (χ1v) is 7.93. The van der Waals surface area contributed by atoms with E-state index >= 15 is 0 Å². The van der Waals surface area contributed by atoms with Crippen LogP contribution in [0.4, 0.5) is 0 Å². The highest BCUT2D eigenvalue weighted by Crippen LogP contribution is 2.28. The summed E-state index contributed by atoms with van der Waals surface area (Å²) in [6.07, 6.45) is 2.69. The Bertz CT molecular complexity index is 380. The minimum Gasteiger partial charge on any atom is -0.379 e. The molecule has 1 saturated carbocycles. The van der Waals surface area contributed by atoms with Gasteiger partial charge in [0.2, 0.25) is 0 Å². The average molecular weight is 409 g/mol. The summed E-state index contributed by atoms with van der Waals surface area (Å²) >= 11 is 1.71. The van der Waals surface area contributed by atoms with Crippen molar-refractivity contribution in [1.29, 1.82) is 0 Å². The second-order valence-corrected chi connectivity index (χ2v) is 5.55. The van der Waals surface area contributed by atoms with Crippen LogP contribution in [-0.4, -0.2) is 32.3 Å². The summed E-state index contributed by atoms with van der Waals surface area (Å²) in [5.41, 5.74) is 1.26. The third-order valence-corrected chi connectivity index (χ3v) is 3.67. The van der Waals surface area contributed by atoms with E-state index in [1.165, 1.54) is 18.4 Å². The van der Waals surface area contributed by atoms with Crippen molar-refractivity contribution in [3.8, 4) is 0 Å². The van der Waals surface area contributed by atoms with Crippen LogP contribution in [0.5, 0.6) is 0 Å². The summed E-state index contributed by atoms with van der Waals surface area (Å²) in [5.74, 6) is 1.70. The van der Waals surface area contributed by atoms with Crippen molar-refractivity contribution in [1.82, 2.24) is 10.6 Å². The number of hydrogen-bond donors (Lipinski definition) is 2. The number of ether oxygens (including phenoxy) is 1. The van der Waals surface area contributed by atoms with Crippen molar-refractivity contribution < 1.29 is 4.74 Å². The van der Waals surface area contributed by atoms with Crippen molar-refractivity contribution in [2.24, 2.45) is 10.9 Å². The zero-order valence-corrected chi connectivity index (χ0v) is 15.1. The Kier molecular flexibility index (Phi) is 9.21. The molecule has 6 heteroatoms. The van der Waals surface area contributed by atoms with E-state index in [-0.39, 0.29) is 24.0 Å². The van der Waals surface area contributed by atoms with Crippen molar-refractivity contribution in [2.75, 3.05) is 26.3 Å². The van der Waals surface area contributed by atoms with Crippen LogP contribution in [0.3, 0.4) is 0 Å². The molecule has 0 spiro atoms. The van der Waals surface area contributed by atoms with Gasteiger partial charge < -0.3 is 15.4 Å². The van der Waals surface area contributed by atoms with Gasteiger partial charge in [-0.3, -0.25) is 0 Å². The Morgan fingerprint density at radius 3 is 2.95 bits per heavy atom. The van der Waals surface area contributed by atoms with Crippen LogP contribution in [-0.2, 0) is 11.3 Å². The summed E-state index contributed by atoms with van der Waals surface area (Å²) in [4.78, 5) is 4.55. The van der Waals surface area contributed by atoms with Gasteiger partial charge in [0.25, 0.3) is 0 Å². The second-order valence-electron chi connectivity index (χ2n) is 4.77. The molecule has 0 atom stereocenters. The van der Waals surface area contributed by atoms with E-state index in [0.717, 1.165) is 44.7 Å². The van der Waals surface area contributed by atoms with Gasteiger partial charge in [-0.15, -0.1) is 24.0 Å². The van der Waals surface area contributed by atoms with Crippen LogP contribution in [0.25, 0.3) is 0 Å². The van der Waals surface area contributed by atoms with Crippen LogP contribution >= 0.6 is 35.3 Å². The fourth-order valence-corrected chi connectivity index (χ4v) is 2.33. The van der Waals surface area contributed by atoms with Crippen molar-refractivity contribution in [2.45, 2.75) is 26.3 Å². The highest BCUT2D eigenvalue weighted by molar-refractivity contribution is 14.0. The summed E-state index contributed by atoms with van der Waals surface area (Å²) in [6.45, 7) is 6.15. The molecule has 0 saturated heterocycles. The maximum atomic E-state index is 5.59. The van der Waals surface area contributed by atoms with Crippen LogP contribution < -0.4 is 10.6 Å². The van der Waals surface area contributed by atoms with Gasteiger partial charge in [-0.1, -0.05) is 0 Å². The molecule has 1 aromatic heterocycles. The van der Waals surface area contributed by atoms with Crippen molar-refractivity contribution in [3.05, 3.63) is 22.4 Å². The molecule has 1 aromatic rings. The molecule has 0 aromatic carbocycles. The van der Waals surface area contributed by atoms with Crippen LogP contribution in [0.1, 0.15) is 25.3 Å². The van der Waals surface area contributed by atoms with E-state index in [0.29, 0.717) is 0 Å². The topological polar surface area (TPSA) is 45.7 Å². The Morgan fingerprint density at radius 2 is 2.30 bits per heavy atom. The summed E-state index contributed by atoms with van der Waals surface area (Å²) in [6, 6.07) is 2.11. The smallest absolute Gasteiger partial charge is 0.191 e. The maximum Gasteiger partial charge on any atom is 0.191 e. The fraction of sp³-hybridized carbons (Fsp3) is 0.643. The predicted octanol–water partition coefficient (Wildman–Crippen LogP) is 2.85. The van der Waals surface area contributed by atoms with Crippen LogP contribution in [0.2, 0.25) is 0 Å². The van der Waals surface area contributed by atoms with E-state index in [1.807, 2.05) is 0 Å². The van der Waals surface area contributed by atoms with Gasteiger partial charge in [0.1, 0.15) is 0 Å². The average Bonchev–Trinajstić information content (AvgIpc) is 3.09. The number of guanidine groups is 1. The molecule has 114 valence electrons. The zero-order chi connectivity index (χ0) is 13.3. The lowest BCUT2D eigenvalue weighted by Gasteiger charge is -2.11. The first-order chi connectivity index (χ1) is 9.38. The van der Waals surface area contributed by atoms with E-state index in [9.17, 15) is 0 Å². The Hall–Kier alpha value is -0.340. The number of hydrogen-bond acceptors (Lipinski definition) is 3. The largest absolute Gasteiger partial charge is 0.379 e. The quantitative estimate of drug-likeness (QED) is 0.301. The summed E-state index contributed by atoms with van der Waals surface area (Å²) < 4.78 is 5.59. The van der Waals surface area contributed by atoms with Gasteiger partial charge in [0.15, 0.2) is 5.96 Å². The molecular weight excluding hydrogens is 385 g/mol. The third-order valence-electron chi connectivity index (χ3n) is 2.93. The normalized spacial score (nSPS) is 14.8. The number of nitrogens with zero attached hydrogens (tertiary/aromatic N) is 1. The summed E-state index contributed by atoms with van der Waals surface area (Å²) in [7, 11) is 0. The molecule has 2 rings (SSSR count). The first kappa shape index (κ1) is 17.7. The Labute approximate surface area is 142 Å². The highest BCUT2D eigenvalue weighted by Gasteiger charge is 2.20. The molecule has 2 N–H and O–H groups in total. The van der Waals surface area contributed by atoms with Crippen molar-refractivity contribution in [3.63, 3.8) is 0 Å². The molecule has 0 radical (unpaired) electrons. The third kappa shape index (κ3) is 7.44. The molecule has 1 aliphatic carbocycles. The number of nitrogens with one attached hydrogen (secondary N) is 2. The fourth-order valence-electron chi connectivity index (χ4n) is 1.67. The number of halogens is 1. The minimum absolute atomic E-state index is 0. The molecular formula is C14H24IN3OS. The van der Waals surface area contributed by atoms with E-state index in [4.69, 9.17) is 4.74 Å². The molecule has 0 amide bonds. The zero-order valence-electron chi connectivity index (χ0n) is 11.9. The lowest BCUT2D eigenvalue weighted by atomic mass is 10.3. The van der Waals surface area contributed by atoms with Gasteiger partial charge in [-0.05, 0) is 48.1 Å². The van der Waals surface area contributed by atoms with Gasteiger partial charge in [-0.2, -0.15) is 11.3 Å². The standard InChI is InChI=1S/C14H23N3OS.HI/c1-2-15-14(17-9-13-5-8-19-11-13)16-6-7-18-10-12-3-4-12;/h5,8,11-12H,2-4,6-7,9-10H2,1H3,(H2,15,16,17);1H. The molecule has 1 fully saturated rings. The molecule has 1 aliphatic rings. The molecule has 0 unspecified atom stereocenters. The van der Waals surface area contributed by atoms with Crippen molar-refractivity contribution >= 4 is 41.3 Å². The van der Waals surface area contributed by atoms with Gasteiger partial charge >= 0.3 is 0 Å². The lowest BCUT2D eigenvalue weighted by molar-refractivity contribution is 0.129. The predicted molar refractivity (Wildman–Crippen MR) is 96.1 cm³/mol. The minimum atomic E-state index is 0. The number of rotatable bonds is 8. The van der Waals surface area contributed by atoms with Crippen LogP contribution in [0.15, 0.2) is 21.8 Å². The Morgan fingerprint density at radius 1 is 1.45 bits per heavy atom. The molecule has 1 heterocycles.